The fraction of sp³-hybridized carbons (Fsp3) is 0.929. The zero-order chi connectivity index (χ0) is 11.8. The molecular formula is C14H22O2. The van der Waals surface area contributed by atoms with Gasteiger partial charge in [-0.2, -0.15) is 0 Å². The molecule has 0 heterocycles. The quantitative estimate of drug-likeness (QED) is 0.671. The smallest absolute Gasteiger partial charge is 0.308 e. The molecule has 0 N–H and O–H groups in total. The zero-order valence-electron chi connectivity index (χ0n) is 10.8. The number of hydrogen-bond donors (Lipinski definition) is 0. The summed E-state index contributed by atoms with van der Waals surface area (Å²) >= 11 is 0. The van der Waals surface area contributed by atoms with E-state index in [0.717, 1.165) is 5.92 Å². The molecule has 3 rings (SSSR count). The van der Waals surface area contributed by atoms with E-state index >= 15 is 0 Å². The minimum atomic E-state index is -0.175. The van der Waals surface area contributed by atoms with Crippen LogP contribution in [0.3, 0.4) is 0 Å². The molecule has 0 radical (unpaired) electrons. The fourth-order valence-electron chi connectivity index (χ4n) is 4.50. The van der Waals surface area contributed by atoms with E-state index in [9.17, 15) is 4.79 Å². The van der Waals surface area contributed by atoms with Gasteiger partial charge in [-0.1, -0.05) is 20.8 Å². The average Bonchev–Trinajstić information content (AvgIpc) is 2.83. The molecule has 2 heteroatoms. The van der Waals surface area contributed by atoms with Crippen molar-refractivity contribution in [3.05, 3.63) is 0 Å². The summed E-state index contributed by atoms with van der Waals surface area (Å²) in [5.74, 6) is 0.827. The van der Waals surface area contributed by atoms with Gasteiger partial charge in [-0.15, -0.1) is 0 Å². The standard InChI is InChI=1S/C14H22O2/c1-9(2)11(15)16-13(4)12(3)5-6-14(13)8-10(14)7-12/h9-10H,5-8H2,1-4H3/t10-,12?,13?,14-/m0/s1. The van der Waals surface area contributed by atoms with Crippen molar-refractivity contribution in [1.29, 1.82) is 0 Å². The maximum absolute atomic E-state index is 11.9. The van der Waals surface area contributed by atoms with Gasteiger partial charge in [-0.3, -0.25) is 4.79 Å². The van der Waals surface area contributed by atoms with E-state index in [2.05, 4.69) is 13.8 Å². The largest absolute Gasteiger partial charge is 0.458 e. The Morgan fingerprint density at radius 1 is 1.25 bits per heavy atom. The van der Waals surface area contributed by atoms with Crippen LogP contribution < -0.4 is 0 Å². The van der Waals surface area contributed by atoms with Crippen molar-refractivity contribution < 1.29 is 9.53 Å². The summed E-state index contributed by atoms with van der Waals surface area (Å²) in [6, 6.07) is 0. The van der Waals surface area contributed by atoms with Crippen LogP contribution in [0.25, 0.3) is 0 Å². The van der Waals surface area contributed by atoms with Gasteiger partial charge in [0.25, 0.3) is 0 Å². The van der Waals surface area contributed by atoms with Gasteiger partial charge < -0.3 is 4.74 Å². The molecule has 90 valence electrons. The average molecular weight is 222 g/mol. The molecule has 3 fully saturated rings. The Hall–Kier alpha value is -0.530. The van der Waals surface area contributed by atoms with Gasteiger partial charge in [0.2, 0.25) is 0 Å². The predicted octanol–water partition coefficient (Wildman–Crippen LogP) is 3.15. The van der Waals surface area contributed by atoms with Crippen molar-refractivity contribution >= 4 is 5.97 Å². The lowest BCUT2D eigenvalue weighted by atomic mass is 9.75. The van der Waals surface area contributed by atoms with E-state index in [-0.39, 0.29) is 22.9 Å². The second-order valence-corrected chi connectivity index (χ2v) is 6.93. The molecule has 1 spiro atoms. The van der Waals surface area contributed by atoms with Crippen LogP contribution in [0.4, 0.5) is 0 Å². The maximum atomic E-state index is 11.9. The van der Waals surface area contributed by atoms with Crippen molar-refractivity contribution in [1.82, 2.24) is 0 Å². The molecule has 3 saturated carbocycles. The monoisotopic (exact) mass is 222 g/mol. The molecule has 2 unspecified atom stereocenters. The molecule has 3 aliphatic carbocycles. The Bertz CT molecular complexity index is 354. The van der Waals surface area contributed by atoms with E-state index in [1.54, 1.807) is 0 Å². The summed E-state index contributed by atoms with van der Waals surface area (Å²) in [5.41, 5.74) is 0.443. The molecule has 2 nitrogen and oxygen atoms in total. The lowest BCUT2D eigenvalue weighted by Crippen LogP contribution is -2.46. The highest BCUT2D eigenvalue weighted by atomic mass is 16.6. The zero-order valence-corrected chi connectivity index (χ0v) is 10.8. The van der Waals surface area contributed by atoms with Crippen molar-refractivity contribution in [2.45, 2.75) is 59.0 Å². The number of hydrogen-bond acceptors (Lipinski definition) is 2. The summed E-state index contributed by atoms with van der Waals surface area (Å²) in [5, 5.41) is 0. The molecule has 0 aliphatic heterocycles. The van der Waals surface area contributed by atoms with Crippen LogP contribution >= 0.6 is 0 Å². The third-order valence-electron chi connectivity index (χ3n) is 5.93. The number of fused-ring (bicyclic) bond motifs is 1. The molecule has 3 aliphatic rings. The van der Waals surface area contributed by atoms with E-state index in [4.69, 9.17) is 4.74 Å². The highest BCUT2D eigenvalue weighted by Gasteiger charge is 2.81. The summed E-state index contributed by atoms with van der Waals surface area (Å²) in [7, 11) is 0. The van der Waals surface area contributed by atoms with Crippen LogP contribution in [0.1, 0.15) is 53.4 Å². The number of carbonyl (C=O) groups is 1. The summed E-state index contributed by atoms with van der Waals surface area (Å²) in [4.78, 5) is 11.9. The molecule has 0 aromatic carbocycles. The third kappa shape index (κ3) is 0.930. The van der Waals surface area contributed by atoms with Gasteiger partial charge in [-0.05, 0) is 38.5 Å². The molecule has 0 aromatic heterocycles. The molecule has 0 saturated heterocycles. The summed E-state index contributed by atoms with van der Waals surface area (Å²) < 4.78 is 5.96. The summed E-state index contributed by atoms with van der Waals surface area (Å²) in [6.07, 6.45) is 5.08. The molecule has 0 aromatic rings. The van der Waals surface area contributed by atoms with Crippen molar-refractivity contribution in [3.63, 3.8) is 0 Å². The Labute approximate surface area is 97.7 Å². The van der Waals surface area contributed by atoms with Crippen LogP contribution in [0.15, 0.2) is 0 Å². The topological polar surface area (TPSA) is 26.3 Å². The van der Waals surface area contributed by atoms with Gasteiger partial charge in [0, 0.05) is 10.8 Å². The number of carbonyl (C=O) groups excluding carboxylic acids is 1. The minimum absolute atomic E-state index is 0.00553. The number of rotatable bonds is 2. The Morgan fingerprint density at radius 2 is 1.94 bits per heavy atom. The van der Waals surface area contributed by atoms with Crippen LogP contribution in [0, 0.1) is 22.7 Å². The Morgan fingerprint density at radius 3 is 2.38 bits per heavy atom. The molecule has 4 atom stereocenters. The Kier molecular flexibility index (Phi) is 1.76. The molecule has 16 heavy (non-hydrogen) atoms. The van der Waals surface area contributed by atoms with Crippen molar-refractivity contribution in [3.8, 4) is 0 Å². The highest BCUT2D eigenvalue weighted by molar-refractivity contribution is 5.72. The van der Waals surface area contributed by atoms with Crippen molar-refractivity contribution in [2.24, 2.45) is 22.7 Å². The van der Waals surface area contributed by atoms with Gasteiger partial charge in [-0.25, -0.2) is 0 Å². The lowest BCUT2D eigenvalue weighted by Gasteiger charge is -2.40. The minimum Gasteiger partial charge on any atom is -0.458 e. The molecule has 2 bridgehead atoms. The van der Waals surface area contributed by atoms with Gasteiger partial charge in [0.1, 0.15) is 5.60 Å². The van der Waals surface area contributed by atoms with Gasteiger partial charge in [0.15, 0.2) is 0 Å². The summed E-state index contributed by atoms with van der Waals surface area (Å²) in [6.45, 7) is 8.37. The first-order valence-electron chi connectivity index (χ1n) is 6.58. The Balaban J connectivity index is 1.91. The predicted molar refractivity (Wildman–Crippen MR) is 61.8 cm³/mol. The van der Waals surface area contributed by atoms with E-state index in [0.29, 0.717) is 5.41 Å². The second kappa shape index (κ2) is 2.65. The van der Waals surface area contributed by atoms with Crippen molar-refractivity contribution in [2.75, 3.05) is 0 Å². The third-order valence-corrected chi connectivity index (χ3v) is 5.93. The van der Waals surface area contributed by atoms with Gasteiger partial charge in [0.05, 0.1) is 5.92 Å². The first-order chi connectivity index (χ1) is 7.35. The fourth-order valence-corrected chi connectivity index (χ4v) is 4.50. The first kappa shape index (κ1) is 10.6. The van der Waals surface area contributed by atoms with Crippen LogP contribution in [0.5, 0.6) is 0 Å². The first-order valence-corrected chi connectivity index (χ1v) is 6.58. The number of ether oxygens (including phenoxy) is 1. The second-order valence-electron chi connectivity index (χ2n) is 6.93. The van der Waals surface area contributed by atoms with Crippen LogP contribution in [-0.2, 0) is 9.53 Å². The van der Waals surface area contributed by atoms with E-state index in [1.807, 2.05) is 13.8 Å². The lowest BCUT2D eigenvalue weighted by molar-refractivity contribution is -0.177. The molecular weight excluding hydrogens is 200 g/mol. The van der Waals surface area contributed by atoms with E-state index < -0.39 is 0 Å². The number of esters is 1. The van der Waals surface area contributed by atoms with Crippen LogP contribution in [0.2, 0.25) is 0 Å². The highest BCUT2D eigenvalue weighted by Crippen LogP contribution is 2.82. The molecule has 0 amide bonds. The normalized spacial score (nSPS) is 52.9. The SMILES string of the molecule is CC(C)C(=O)OC1(C)C2(C)CC[C@@]13C[C@@H]3C2. The van der Waals surface area contributed by atoms with Crippen LogP contribution in [-0.4, -0.2) is 11.6 Å². The van der Waals surface area contributed by atoms with Gasteiger partial charge >= 0.3 is 5.97 Å². The maximum Gasteiger partial charge on any atom is 0.308 e. The van der Waals surface area contributed by atoms with E-state index in [1.165, 1.54) is 25.7 Å².